The first-order valence-electron chi connectivity index (χ1n) is 6.23. The van der Waals surface area contributed by atoms with E-state index in [4.69, 9.17) is 4.74 Å². The lowest BCUT2D eigenvalue weighted by Crippen LogP contribution is -2.27. The van der Waals surface area contributed by atoms with Crippen LogP contribution in [0.3, 0.4) is 0 Å². The second-order valence-electron chi connectivity index (χ2n) is 4.75. The highest BCUT2D eigenvalue weighted by molar-refractivity contribution is 5.69. The lowest BCUT2D eigenvalue weighted by molar-refractivity contribution is -0.156. The molecule has 0 radical (unpaired) electrons. The third-order valence-corrected chi connectivity index (χ3v) is 2.56. The van der Waals surface area contributed by atoms with Gasteiger partial charge in [-0.1, -0.05) is 39.5 Å². The van der Waals surface area contributed by atoms with Gasteiger partial charge < -0.3 is 4.74 Å². The van der Waals surface area contributed by atoms with Gasteiger partial charge in [0.05, 0.1) is 0 Å². The second-order valence-corrected chi connectivity index (χ2v) is 4.75. The summed E-state index contributed by atoms with van der Waals surface area (Å²) in [5.41, 5.74) is -0.278. The van der Waals surface area contributed by atoms with Crippen LogP contribution in [-0.4, -0.2) is 11.6 Å². The predicted octanol–water partition coefficient (Wildman–Crippen LogP) is 4.08. The number of rotatable bonds is 8. The van der Waals surface area contributed by atoms with Crippen LogP contribution < -0.4 is 0 Å². The van der Waals surface area contributed by atoms with Crippen LogP contribution in [0, 0.1) is 0 Å². The summed E-state index contributed by atoms with van der Waals surface area (Å²) < 4.78 is 5.35. The maximum Gasteiger partial charge on any atom is 0.306 e. The third-order valence-electron chi connectivity index (χ3n) is 2.56. The van der Waals surface area contributed by atoms with Crippen molar-refractivity contribution in [1.82, 2.24) is 0 Å². The number of unbranched alkanes of at least 4 members (excludes halogenated alkanes) is 4. The van der Waals surface area contributed by atoms with E-state index in [1.165, 1.54) is 25.7 Å². The van der Waals surface area contributed by atoms with Crippen molar-refractivity contribution in [2.75, 3.05) is 0 Å². The number of hydrogen-bond acceptors (Lipinski definition) is 2. The van der Waals surface area contributed by atoms with Gasteiger partial charge in [0, 0.05) is 6.42 Å². The van der Waals surface area contributed by atoms with E-state index in [1.54, 1.807) is 0 Å². The van der Waals surface area contributed by atoms with Crippen molar-refractivity contribution < 1.29 is 9.53 Å². The van der Waals surface area contributed by atoms with Crippen molar-refractivity contribution in [1.29, 1.82) is 0 Å². The first-order chi connectivity index (χ1) is 7.02. The Labute approximate surface area is 94.4 Å². The molecule has 0 aliphatic carbocycles. The van der Waals surface area contributed by atoms with E-state index in [-0.39, 0.29) is 11.6 Å². The molecule has 0 amide bonds. The van der Waals surface area contributed by atoms with Crippen LogP contribution in [0.4, 0.5) is 0 Å². The van der Waals surface area contributed by atoms with Crippen molar-refractivity contribution in [3.63, 3.8) is 0 Å². The van der Waals surface area contributed by atoms with E-state index in [2.05, 4.69) is 6.92 Å². The van der Waals surface area contributed by atoms with Gasteiger partial charge >= 0.3 is 5.97 Å². The van der Waals surface area contributed by atoms with Gasteiger partial charge in [0.25, 0.3) is 0 Å². The number of esters is 1. The molecule has 15 heavy (non-hydrogen) atoms. The molecular weight excluding hydrogens is 188 g/mol. The molecular formula is C13H26O2. The highest BCUT2D eigenvalue weighted by atomic mass is 16.6. The fraction of sp³-hybridized carbons (Fsp3) is 0.923. The Bertz CT molecular complexity index is 173. The van der Waals surface area contributed by atoms with E-state index in [0.717, 1.165) is 12.8 Å². The Morgan fingerprint density at radius 1 is 1.07 bits per heavy atom. The van der Waals surface area contributed by atoms with E-state index in [9.17, 15) is 4.79 Å². The van der Waals surface area contributed by atoms with Gasteiger partial charge in [-0.15, -0.1) is 0 Å². The van der Waals surface area contributed by atoms with Gasteiger partial charge in [0.1, 0.15) is 5.60 Å². The van der Waals surface area contributed by atoms with Gasteiger partial charge in [-0.3, -0.25) is 4.79 Å². The second kappa shape index (κ2) is 7.72. The number of carbonyl (C=O) groups excluding carboxylic acids is 1. The lowest BCUT2D eigenvalue weighted by Gasteiger charge is -2.24. The molecule has 0 aromatic heterocycles. The van der Waals surface area contributed by atoms with Gasteiger partial charge in [0.2, 0.25) is 0 Å². The standard InChI is InChI=1S/C13H26O2/c1-5-7-8-9-10-11-13(3,4)15-12(14)6-2/h5-11H2,1-4H3. The summed E-state index contributed by atoms with van der Waals surface area (Å²) in [4.78, 5) is 11.1. The number of hydrogen-bond donors (Lipinski definition) is 0. The SMILES string of the molecule is CCCCCCCC(C)(C)OC(=O)CC. The molecule has 2 heteroatoms. The highest BCUT2D eigenvalue weighted by Gasteiger charge is 2.21. The Morgan fingerprint density at radius 3 is 2.20 bits per heavy atom. The number of ether oxygens (including phenoxy) is 1. The zero-order valence-corrected chi connectivity index (χ0v) is 10.8. The normalized spacial score (nSPS) is 11.5. The molecule has 0 aliphatic heterocycles. The third kappa shape index (κ3) is 8.46. The summed E-state index contributed by atoms with van der Waals surface area (Å²) in [6, 6.07) is 0. The van der Waals surface area contributed by atoms with Crippen LogP contribution in [0.1, 0.15) is 72.6 Å². The molecule has 0 atom stereocenters. The zero-order valence-electron chi connectivity index (χ0n) is 10.8. The molecule has 2 nitrogen and oxygen atoms in total. The van der Waals surface area contributed by atoms with Crippen LogP contribution in [0.5, 0.6) is 0 Å². The smallest absolute Gasteiger partial charge is 0.306 e. The quantitative estimate of drug-likeness (QED) is 0.449. The summed E-state index contributed by atoms with van der Waals surface area (Å²) in [7, 11) is 0. The monoisotopic (exact) mass is 214 g/mol. The molecule has 0 N–H and O–H groups in total. The maximum absolute atomic E-state index is 11.1. The maximum atomic E-state index is 11.1. The van der Waals surface area contributed by atoms with Crippen LogP contribution in [0.25, 0.3) is 0 Å². The molecule has 0 saturated heterocycles. The molecule has 0 heterocycles. The van der Waals surface area contributed by atoms with Gasteiger partial charge in [0.15, 0.2) is 0 Å². The van der Waals surface area contributed by atoms with Crippen molar-refractivity contribution in [2.45, 2.75) is 78.2 Å². The van der Waals surface area contributed by atoms with Crippen molar-refractivity contribution in [3.8, 4) is 0 Å². The molecule has 0 aromatic rings. The molecule has 0 bridgehead atoms. The summed E-state index contributed by atoms with van der Waals surface area (Å²) in [5.74, 6) is -0.0893. The molecule has 0 fully saturated rings. The molecule has 0 aromatic carbocycles. The summed E-state index contributed by atoms with van der Waals surface area (Å²) in [5, 5.41) is 0. The fourth-order valence-corrected chi connectivity index (χ4v) is 1.59. The van der Waals surface area contributed by atoms with Crippen LogP contribution in [0.2, 0.25) is 0 Å². The summed E-state index contributed by atoms with van der Waals surface area (Å²) in [6.07, 6.45) is 7.74. The zero-order chi connectivity index (χ0) is 11.7. The van der Waals surface area contributed by atoms with Crippen LogP contribution in [-0.2, 0) is 9.53 Å². The minimum absolute atomic E-state index is 0.0893. The Hall–Kier alpha value is -0.530. The molecule has 0 spiro atoms. The minimum Gasteiger partial charge on any atom is -0.460 e. The average molecular weight is 214 g/mol. The van der Waals surface area contributed by atoms with E-state index < -0.39 is 0 Å². The lowest BCUT2D eigenvalue weighted by atomic mass is 9.99. The van der Waals surface area contributed by atoms with E-state index in [1.807, 2.05) is 20.8 Å². The Kier molecular flexibility index (Phi) is 7.45. The molecule has 0 rings (SSSR count). The van der Waals surface area contributed by atoms with Crippen molar-refractivity contribution in [3.05, 3.63) is 0 Å². The number of carbonyl (C=O) groups is 1. The molecule has 0 saturated carbocycles. The van der Waals surface area contributed by atoms with Crippen molar-refractivity contribution >= 4 is 5.97 Å². The van der Waals surface area contributed by atoms with Gasteiger partial charge in [-0.2, -0.15) is 0 Å². The van der Waals surface area contributed by atoms with Crippen LogP contribution >= 0.6 is 0 Å². The molecule has 90 valence electrons. The largest absolute Gasteiger partial charge is 0.460 e. The Morgan fingerprint density at radius 2 is 1.67 bits per heavy atom. The minimum atomic E-state index is -0.278. The highest BCUT2D eigenvalue weighted by Crippen LogP contribution is 2.19. The summed E-state index contributed by atoms with van der Waals surface area (Å²) in [6.45, 7) is 8.05. The Balaban J connectivity index is 3.59. The molecule has 0 unspecified atom stereocenters. The average Bonchev–Trinajstić information content (AvgIpc) is 2.16. The predicted molar refractivity (Wildman–Crippen MR) is 63.8 cm³/mol. The van der Waals surface area contributed by atoms with Crippen LogP contribution in [0.15, 0.2) is 0 Å². The fourth-order valence-electron chi connectivity index (χ4n) is 1.59. The van der Waals surface area contributed by atoms with Gasteiger partial charge in [-0.05, 0) is 26.7 Å². The van der Waals surface area contributed by atoms with Crippen molar-refractivity contribution in [2.24, 2.45) is 0 Å². The first kappa shape index (κ1) is 14.5. The van der Waals surface area contributed by atoms with Gasteiger partial charge in [-0.25, -0.2) is 0 Å². The first-order valence-corrected chi connectivity index (χ1v) is 6.23. The van der Waals surface area contributed by atoms with E-state index >= 15 is 0 Å². The van der Waals surface area contributed by atoms with E-state index in [0.29, 0.717) is 6.42 Å². The molecule has 0 aliphatic rings. The topological polar surface area (TPSA) is 26.3 Å². The summed E-state index contributed by atoms with van der Waals surface area (Å²) >= 11 is 0.